The lowest BCUT2D eigenvalue weighted by atomic mass is 10.1. The van der Waals surface area contributed by atoms with Crippen molar-refractivity contribution in [3.8, 4) is 0 Å². The number of halogens is 2. The summed E-state index contributed by atoms with van der Waals surface area (Å²) in [6, 6.07) is 9.18. The highest BCUT2D eigenvalue weighted by molar-refractivity contribution is 7.22. The number of aliphatic hydroxyl groups is 2. The molecule has 2 amide bonds. The highest BCUT2D eigenvalue weighted by Crippen LogP contribution is 2.27. The molecule has 0 aliphatic heterocycles. The number of aryl methyl sites for hydroxylation is 1. The second-order valence-electron chi connectivity index (χ2n) is 7.88. The summed E-state index contributed by atoms with van der Waals surface area (Å²) in [6.45, 7) is 2.39. The number of fused-ring (bicyclic) bond motifs is 1. The van der Waals surface area contributed by atoms with Crippen LogP contribution in [0, 0.1) is 12.7 Å². The first-order valence-corrected chi connectivity index (χ1v) is 11.9. The van der Waals surface area contributed by atoms with Crippen LogP contribution < -0.4 is 10.7 Å². The molecule has 4 N–H and O–H groups in total. The number of ether oxygens (including phenoxy) is 1. The van der Waals surface area contributed by atoms with Crippen LogP contribution in [-0.4, -0.2) is 57.6 Å². The first kappa shape index (κ1) is 26.8. The van der Waals surface area contributed by atoms with E-state index >= 15 is 0 Å². The second kappa shape index (κ2) is 12.2. The fraction of sp³-hybridized carbons (Fsp3) is 0.348. The molecule has 0 radical (unpaired) electrons. The highest BCUT2D eigenvalue weighted by Gasteiger charge is 2.26. The van der Waals surface area contributed by atoms with Crippen molar-refractivity contribution in [1.82, 2.24) is 15.4 Å². The number of thiazole rings is 1. The van der Waals surface area contributed by atoms with Gasteiger partial charge in [-0.25, -0.2) is 19.6 Å². The zero-order valence-electron chi connectivity index (χ0n) is 19.1. The molecule has 2 atom stereocenters. The van der Waals surface area contributed by atoms with Crippen molar-refractivity contribution in [2.45, 2.75) is 39.0 Å². The minimum Gasteiger partial charge on any atom is -0.447 e. The van der Waals surface area contributed by atoms with Crippen molar-refractivity contribution >= 4 is 50.3 Å². The van der Waals surface area contributed by atoms with E-state index in [-0.39, 0.29) is 24.6 Å². The van der Waals surface area contributed by atoms with Gasteiger partial charge in [0, 0.05) is 19.9 Å². The summed E-state index contributed by atoms with van der Waals surface area (Å²) in [5, 5.41) is 23.2. The Balaban J connectivity index is 1.67. The van der Waals surface area contributed by atoms with E-state index in [4.69, 9.17) is 16.3 Å². The van der Waals surface area contributed by atoms with E-state index in [0.29, 0.717) is 10.7 Å². The Kier molecular flexibility index (Phi) is 9.35. The van der Waals surface area contributed by atoms with Crippen LogP contribution in [0.1, 0.15) is 24.5 Å². The van der Waals surface area contributed by atoms with E-state index in [1.54, 1.807) is 6.07 Å². The van der Waals surface area contributed by atoms with Gasteiger partial charge < -0.3 is 14.9 Å². The number of carbonyl (C=O) groups excluding carboxylic acids is 2. The van der Waals surface area contributed by atoms with Gasteiger partial charge >= 0.3 is 6.09 Å². The number of aromatic nitrogens is 1. The molecule has 35 heavy (non-hydrogen) atoms. The molecular weight excluding hydrogens is 499 g/mol. The minimum absolute atomic E-state index is 0.000782. The maximum atomic E-state index is 13.7. The molecule has 0 aliphatic rings. The van der Waals surface area contributed by atoms with Gasteiger partial charge in [-0.05, 0) is 36.2 Å². The number of hydrogen-bond donors (Lipinski definition) is 4. The van der Waals surface area contributed by atoms with Crippen LogP contribution >= 0.6 is 22.9 Å². The van der Waals surface area contributed by atoms with Gasteiger partial charge in [-0.3, -0.25) is 15.1 Å². The summed E-state index contributed by atoms with van der Waals surface area (Å²) in [6.07, 6.45) is -2.05. The fourth-order valence-electron chi connectivity index (χ4n) is 3.37. The molecule has 3 rings (SSSR count). The second-order valence-corrected chi connectivity index (χ2v) is 9.29. The van der Waals surface area contributed by atoms with Crippen molar-refractivity contribution in [2.75, 3.05) is 18.5 Å². The predicted molar refractivity (Wildman–Crippen MR) is 132 cm³/mol. The summed E-state index contributed by atoms with van der Waals surface area (Å²) in [5.41, 5.74) is 5.06. The van der Waals surface area contributed by atoms with E-state index in [2.05, 4.69) is 15.7 Å². The Morgan fingerprint density at radius 3 is 2.80 bits per heavy atom. The zero-order valence-corrected chi connectivity index (χ0v) is 20.7. The Hall–Kier alpha value is -2.83. The highest BCUT2D eigenvalue weighted by atomic mass is 35.5. The van der Waals surface area contributed by atoms with Crippen molar-refractivity contribution in [3.05, 3.63) is 58.4 Å². The Labute approximate surface area is 210 Å². The van der Waals surface area contributed by atoms with E-state index in [0.717, 1.165) is 20.8 Å². The lowest BCUT2D eigenvalue weighted by Gasteiger charge is -2.32. The van der Waals surface area contributed by atoms with Gasteiger partial charge in [-0.15, -0.1) is 0 Å². The minimum atomic E-state index is -1.17. The number of amides is 2. The summed E-state index contributed by atoms with van der Waals surface area (Å²) >= 11 is 7.28. The first-order chi connectivity index (χ1) is 16.7. The number of hydrogen-bond acceptors (Lipinski definition) is 8. The number of aliphatic hydroxyl groups excluding tert-OH is 2. The first-order valence-electron chi connectivity index (χ1n) is 10.7. The molecule has 3 aromatic rings. The molecule has 0 bridgehead atoms. The molecule has 0 fully saturated rings. The molecule has 0 spiro atoms. The van der Waals surface area contributed by atoms with Gasteiger partial charge in [-0.1, -0.05) is 41.1 Å². The molecule has 0 unspecified atom stereocenters. The Bertz CT molecular complexity index is 1190. The van der Waals surface area contributed by atoms with Gasteiger partial charge in [0.15, 0.2) is 5.13 Å². The van der Waals surface area contributed by atoms with Crippen LogP contribution in [0.15, 0.2) is 36.4 Å². The number of carbonyl (C=O) groups is 2. The number of nitrogens with zero attached hydrogens (tertiary/aromatic N) is 2. The molecule has 0 saturated heterocycles. The van der Waals surface area contributed by atoms with Crippen molar-refractivity contribution in [1.29, 1.82) is 0 Å². The van der Waals surface area contributed by atoms with Crippen LogP contribution in [0.5, 0.6) is 0 Å². The maximum Gasteiger partial charge on any atom is 0.413 e. The summed E-state index contributed by atoms with van der Waals surface area (Å²) < 4.78 is 20.0. The molecule has 0 saturated carbocycles. The number of anilines is 1. The summed E-state index contributed by atoms with van der Waals surface area (Å²) in [5.74, 6) is -1.05. The van der Waals surface area contributed by atoms with E-state index < -0.39 is 36.6 Å². The average molecular weight is 525 g/mol. The number of benzene rings is 2. The standard InChI is InChI=1S/C23H26ClFN4O5S/c1-13-6-7-19-20(8-13)35-22(27-19)28-23(33)34-12-16(9-17(32)11-30)29(14(2)31)26-10-15-4-3-5-18(25)21(15)24/h3-8,16-17,26,30,32H,9-12H2,1-2H3,(H,27,28,33)/t16-,17+/m0/s1. The number of rotatable bonds is 10. The maximum absolute atomic E-state index is 13.7. The smallest absolute Gasteiger partial charge is 0.413 e. The van der Waals surface area contributed by atoms with Crippen LogP contribution in [-0.2, 0) is 16.1 Å². The molecule has 1 heterocycles. The van der Waals surface area contributed by atoms with Crippen LogP contribution in [0.4, 0.5) is 14.3 Å². The Morgan fingerprint density at radius 2 is 2.09 bits per heavy atom. The van der Waals surface area contributed by atoms with Gasteiger partial charge in [0.25, 0.3) is 0 Å². The van der Waals surface area contributed by atoms with E-state index in [1.165, 1.54) is 30.4 Å². The third kappa shape index (κ3) is 7.33. The van der Waals surface area contributed by atoms with E-state index in [9.17, 15) is 24.2 Å². The van der Waals surface area contributed by atoms with Gasteiger partial charge in [0.2, 0.25) is 5.91 Å². The molecule has 188 valence electrons. The normalized spacial score (nSPS) is 12.9. The molecule has 9 nitrogen and oxygen atoms in total. The topological polar surface area (TPSA) is 124 Å². The van der Waals surface area contributed by atoms with Gasteiger partial charge in [0.1, 0.15) is 12.4 Å². The third-order valence-corrected chi connectivity index (χ3v) is 6.45. The zero-order chi connectivity index (χ0) is 25.5. The lowest BCUT2D eigenvalue weighted by molar-refractivity contribution is -0.137. The van der Waals surface area contributed by atoms with Crippen molar-refractivity contribution < 1.29 is 28.9 Å². The molecule has 2 aromatic carbocycles. The molecular formula is C23H26ClFN4O5S. The van der Waals surface area contributed by atoms with Crippen LogP contribution in [0.3, 0.4) is 0 Å². The SMILES string of the molecule is CC(=O)N(NCc1cccc(F)c1Cl)[C@H](COC(=O)Nc1nc2ccc(C)cc2s1)C[C@@H](O)CO. The third-order valence-electron chi connectivity index (χ3n) is 5.09. The lowest BCUT2D eigenvalue weighted by Crippen LogP contribution is -2.52. The fourth-order valence-corrected chi connectivity index (χ4v) is 4.51. The van der Waals surface area contributed by atoms with Gasteiger partial charge in [0.05, 0.1) is 34.0 Å². The largest absolute Gasteiger partial charge is 0.447 e. The van der Waals surface area contributed by atoms with Crippen LogP contribution in [0.25, 0.3) is 10.2 Å². The predicted octanol–water partition coefficient (Wildman–Crippen LogP) is 3.61. The molecule has 0 aliphatic carbocycles. The number of hydrazine groups is 1. The van der Waals surface area contributed by atoms with Gasteiger partial charge in [-0.2, -0.15) is 0 Å². The van der Waals surface area contributed by atoms with Crippen molar-refractivity contribution in [3.63, 3.8) is 0 Å². The summed E-state index contributed by atoms with van der Waals surface area (Å²) in [7, 11) is 0. The average Bonchev–Trinajstić information content (AvgIpc) is 3.20. The Morgan fingerprint density at radius 1 is 1.31 bits per heavy atom. The summed E-state index contributed by atoms with van der Waals surface area (Å²) in [4.78, 5) is 29.1. The van der Waals surface area contributed by atoms with Crippen LogP contribution in [0.2, 0.25) is 5.02 Å². The monoisotopic (exact) mass is 524 g/mol. The molecule has 12 heteroatoms. The quantitative estimate of drug-likeness (QED) is 0.299. The molecule has 1 aromatic heterocycles. The van der Waals surface area contributed by atoms with E-state index in [1.807, 2.05) is 25.1 Å². The number of nitrogens with one attached hydrogen (secondary N) is 2. The van der Waals surface area contributed by atoms with Crippen molar-refractivity contribution in [2.24, 2.45) is 0 Å².